The highest BCUT2D eigenvalue weighted by molar-refractivity contribution is 5.26. The third-order valence-corrected chi connectivity index (χ3v) is 3.64. The van der Waals surface area contributed by atoms with Crippen LogP contribution in [0, 0.1) is 0 Å². The number of alkyl halides is 3. The third kappa shape index (κ3) is 3.46. The lowest BCUT2D eigenvalue weighted by Crippen LogP contribution is -2.11. The lowest BCUT2D eigenvalue weighted by Gasteiger charge is -2.13. The number of halogens is 3. The number of hydrogen-bond donors (Lipinski definition) is 1. The molecule has 0 fully saturated rings. The smallest absolute Gasteiger partial charge is 0.380 e. The van der Waals surface area contributed by atoms with Crippen LogP contribution in [0.15, 0.2) is 60.9 Å². The summed E-state index contributed by atoms with van der Waals surface area (Å²) in [6.07, 6.45) is -3.87. The second-order valence-electron chi connectivity index (χ2n) is 5.32. The molecule has 1 heterocycles. The fraction of sp³-hybridized carbons (Fsp3) is 0.176. The largest absolute Gasteiger partial charge is 0.416 e. The highest BCUT2D eigenvalue weighted by Crippen LogP contribution is 2.29. The first-order chi connectivity index (χ1) is 11.4. The van der Waals surface area contributed by atoms with Gasteiger partial charge in [0.05, 0.1) is 12.1 Å². The minimum Gasteiger partial charge on any atom is -0.380 e. The minimum absolute atomic E-state index is 0.268. The average Bonchev–Trinajstić information content (AvgIpc) is 3.03. The summed E-state index contributed by atoms with van der Waals surface area (Å²) in [6.45, 7) is 0.268. The van der Waals surface area contributed by atoms with E-state index in [1.54, 1.807) is 28.8 Å². The number of aliphatic hydroxyl groups is 1. The monoisotopic (exact) mass is 333 g/mol. The molecule has 1 N–H and O–H groups in total. The number of aliphatic hydroxyl groups excluding tert-OH is 1. The molecule has 0 radical (unpaired) electrons. The van der Waals surface area contributed by atoms with Crippen LogP contribution in [0.25, 0.3) is 0 Å². The van der Waals surface area contributed by atoms with Crippen LogP contribution < -0.4 is 0 Å². The topological polar surface area (TPSA) is 50.9 Å². The highest BCUT2D eigenvalue weighted by atomic mass is 19.4. The fourth-order valence-corrected chi connectivity index (χ4v) is 2.38. The molecule has 7 heteroatoms. The minimum atomic E-state index is -4.36. The Hall–Kier alpha value is -2.67. The molecule has 24 heavy (non-hydrogen) atoms. The van der Waals surface area contributed by atoms with Crippen molar-refractivity contribution >= 4 is 0 Å². The Morgan fingerprint density at radius 1 is 1.00 bits per heavy atom. The van der Waals surface area contributed by atoms with Gasteiger partial charge in [-0.15, -0.1) is 10.2 Å². The summed E-state index contributed by atoms with van der Waals surface area (Å²) in [5, 5.41) is 18.1. The molecule has 2 aromatic carbocycles. The molecule has 0 aliphatic heterocycles. The quantitative estimate of drug-likeness (QED) is 0.796. The molecule has 0 saturated carbocycles. The van der Waals surface area contributed by atoms with Crippen molar-refractivity contribution in [1.29, 1.82) is 0 Å². The van der Waals surface area contributed by atoms with Crippen molar-refractivity contribution < 1.29 is 18.3 Å². The standard InChI is InChI=1S/C17H14F3N3O/c18-17(19,20)14-8-6-12(7-9-14)10-23-11-21-22-16(23)15(24)13-4-2-1-3-5-13/h1-9,11,15,24H,10H2/t15-/m1/s1. The highest BCUT2D eigenvalue weighted by Gasteiger charge is 2.30. The van der Waals surface area contributed by atoms with E-state index in [1.165, 1.54) is 18.5 Å². The van der Waals surface area contributed by atoms with Crippen LogP contribution in [-0.2, 0) is 12.7 Å². The Bertz CT molecular complexity index is 798. The normalized spacial score (nSPS) is 13.0. The SMILES string of the molecule is O[C@H](c1ccccc1)c1nncn1Cc1ccc(C(F)(F)F)cc1. The van der Waals surface area contributed by atoms with Gasteiger partial charge in [0.2, 0.25) is 0 Å². The molecule has 0 saturated heterocycles. The van der Waals surface area contributed by atoms with Crippen LogP contribution >= 0.6 is 0 Å². The Labute approximate surface area is 136 Å². The summed E-state index contributed by atoms with van der Waals surface area (Å²) in [5.41, 5.74) is 0.628. The molecule has 0 aliphatic rings. The van der Waals surface area contributed by atoms with Crippen molar-refractivity contribution in [2.75, 3.05) is 0 Å². The molecule has 0 spiro atoms. The van der Waals surface area contributed by atoms with Gasteiger partial charge < -0.3 is 9.67 Å². The van der Waals surface area contributed by atoms with E-state index in [1.807, 2.05) is 6.07 Å². The summed E-state index contributed by atoms with van der Waals surface area (Å²) in [4.78, 5) is 0. The van der Waals surface area contributed by atoms with E-state index in [0.29, 0.717) is 17.0 Å². The number of hydrogen-bond acceptors (Lipinski definition) is 3. The average molecular weight is 333 g/mol. The van der Waals surface area contributed by atoms with Gasteiger partial charge in [-0.25, -0.2) is 0 Å². The number of nitrogens with zero attached hydrogens (tertiary/aromatic N) is 3. The second kappa shape index (κ2) is 6.45. The Kier molecular flexibility index (Phi) is 4.35. The predicted molar refractivity (Wildman–Crippen MR) is 81.1 cm³/mol. The number of benzene rings is 2. The summed E-state index contributed by atoms with van der Waals surface area (Å²) >= 11 is 0. The maximum atomic E-state index is 12.6. The maximum Gasteiger partial charge on any atom is 0.416 e. The van der Waals surface area contributed by atoms with Crippen LogP contribution in [0.4, 0.5) is 13.2 Å². The van der Waals surface area contributed by atoms with E-state index in [9.17, 15) is 18.3 Å². The van der Waals surface area contributed by atoms with Crippen LogP contribution in [0.1, 0.15) is 28.6 Å². The number of rotatable bonds is 4. The van der Waals surface area contributed by atoms with Crippen molar-refractivity contribution in [1.82, 2.24) is 14.8 Å². The zero-order chi connectivity index (χ0) is 17.2. The molecule has 1 aromatic heterocycles. The van der Waals surface area contributed by atoms with Crippen LogP contribution in [-0.4, -0.2) is 19.9 Å². The van der Waals surface area contributed by atoms with E-state index in [2.05, 4.69) is 10.2 Å². The van der Waals surface area contributed by atoms with E-state index in [0.717, 1.165) is 12.1 Å². The van der Waals surface area contributed by atoms with Crippen LogP contribution in [0.2, 0.25) is 0 Å². The molecule has 3 aromatic rings. The summed E-state index contributed by atoms with van der Waals surface area (Å²) in [7, 11) is 0. The predicted octanol–water partition coefficient (Wildman–Crippen LogP) is 3.43. The molecular weight excluding hydrogens is 319 g/mol. The van der Waals surface area contributed by atoms with Crippen molar-refractivity contribution in [2.24, 2.45) is 0 Å². The van der Waals surface area contributed by atoms with E-state index >= 15 is 0 Å². The molecule has 124 valence electrons. The first-order valence-electron chi connectivity index (χ1n) is 7.22. The van der Waals surface area contributed by atoms with Crippen molar-refractivity contribution in [3.8, 4) is 0 Å². The molecule has 0 aliphatic carbocycles. The van der Waals surface area contributed by atoms with Gasteiger partial charge in [0.15, 0.2) is 5.82 Å². The van der Waals surface area contributed by atoms with Gasteiger partial charge in [-0.05, 0) is 23.3 Å². The van der Waals surface area contributed by atoms with Gasteiger partial charge in [0, 0.05) is 0 Å². The molecule has 0 unspecified atom stereocenters. The van der Waals surface area contributed by atoms with Gasteiger partial charge in [0.25, 0.3) is 0 Å². The summed E-state index contributed by atoms with van der Waals surface area (Å²) in [5.74, 6) is 0.334. The van der Waals surface area contributed by atoms with Gasteiger partial charge in [0.1, 0.15) is 12.4 Å². The van der Waals surface area contributed by atoms with Gasteiger partial charge >= 0.3 is 6.18 Å². The molecule has 4 nitrogen and oxygen atoms in total. The van der Waals surface area contributed by atoms with E-state index < -0.39 is 17.8 Å². The molecule has 3 rings (SSSR count). The van der Waals surface area contributed by atoms with Gasteiger partial charge in [-0.3, -0.25) is 0 Å². The zero-order valence-corrected chi connectivity index (χ0v) is 12.5. The second-order valence-corrected chi connectivity index (χ2v) is 5.32. The van der Waals surface area contributed by atoms with E-state index in [-0.39, 0.29) is 6.54 Å². The van der Waals surface area contributed by atoms with Crippen molar-refractivity contribution in [2.45, 2.75) is 18.8 Å². The summed E-state index contributed by atoms with van der Waals surface area (Å²) in [6, 6.07) is 13.8. The molecular formula is C17H14F3N3O. The lowest BCUT2D eigenvalue weighted by molar-refractivity contribution is -0.137. The van der Waals surface area contributed by atoms with Crippen molar-refractivity contribution in [3.63, 3.8) is 0 Å². The maximum absolute atomic E-state index is 12.6. The Balaban J connectivity index is 1.81. The van der Waals surface area contributed by atoms with Crippen molar-refractivity contribution in [3.05, 3.63) is 83.4 Å². The van der Waals surface area contributed by atoms with Gasteiger partial charge in [-0.2, -0.15) is 13.2 Å². The van der Waals surface area contributed by atoms with Crippen LogP contribution in [0.3, 0.4) is 0 Å². The number of aromatic nitrogens is 3. The fourth-order valence-electron chi connectivity index (χ4n) is 2.38. The van der Waals surface area contributed by atoms with Crippen LogP contribution in [0.5, 0.6) is 0 Å². The van der Waals surface area contributed by atoms with Gasteiger partial charge in [-0.1, -0.05) is 42.5 Å². The molecule has 1 atom stereocenters. The Morgan fingerprint density at radius 3 is 2.29 bits per heavy atom. The third-order valence-electron chi connectivity index (χ3n) is 3.64. The summed E-state index contributed by atoms with van der Waals surface area (Å²) < 4.78 is 39.4. The zero-order valence-electron chi connectivity index (χ0n) is 12.5. The molecule has 0 amide bonds. The lowest BCUT2D eigenvalue weighted by atomic mass is 10.1. The molecule has 0 bridgehead atoms. The Morgan fingerprint density at radius 2 is 1.67 bits per heavy atom. The first kappa shape index (κ1) is 16.2. The van der Waals surface area contributed by atoms with E-state index in [4.69, 9.17) is 0 Å². The first-order valence-corrected chi connectivity index (χ1v) is 7.22.